The molecule has 2 rings (SSSR count). The fourth-order valence-corrected chi connectivity index (χ4v) is 4.09. The maximum Gasteiger partial charge on any atom is 0.243 e. The van der Waals surface area contributed by atoms with Gasteiger partial charge in [-0.3, -0.25) is 0 Å². The first-order valence-electron chi connectivity index (χ1n) is 7.74. The molecule has 0 bridgehead atoms. The summed E-state index contributed by atoms with van der Waals surface area (Å²) in [6.07, 6.45) is 0. The van der Waals surface area contributed by atoms with Crippen LogP contribution in [0.1, 0.15) is 0 Å². The summed E-state index contributed by atoms with van der Waals surface area (Å²) in [5.41, 5.74) is 0. The molecule has 1 saturated heterocycles. The van der Waals surface area contributed by atoms with Gasteiger partial charge in [-0.15, -0.1) is 0 Å². The molecule has 0 spiro atoms. The van der Waals surface area contributed by atoms with E-state index in [0.717, 1.165) is 25.2 Å². The molecule has 1 aliphatic heterocycles. The number of sulfonamides is 1. The lowest BCUT2D eigenvalue weighted by Crippen LogP contribution is -2.53. The van der Waals surface area contributed by atoms with E-state index in [0.29, 0.717) is 31.3 Å². The highest BCUT2D eigenvalue weighted by Crippen LogP contribution is 2.18. The fraction of sp³-hybridized carbons (Fsp3) is 0.533. The number of halogens is 1. The third kappa shape index (κ3) is 4.85. The van der Waals surface area contributed by atoms with Crippen LogP contribution in [-0.4, -0.2) is 81.0 Å². The average molecular weight is 375 g/mol. The van der Waals surface area contributed by atoms with Crippen LogP contribution in [0.25, 0.3) is 0 Å². The molecule has 6 nitrogen and oxygen atoms in total. The molecule has 9 heteroatoms. The van der Waals surface area contributed by atoms with Crippen molar-refractivity contribution in [2.45, 2.75) is 4.90 Å². The molecule has 0 atom stereocenters. The Kier molecular flexibility index (Phi) is 6.50. The van der Waals surface area contributed by atoms with E-state index in [1.165, 1.54) is 16.4 Å². The predicted molar refractivity (Wildman–Crippen MR) is 95.9 cm³/mol. The SMILES string of the molecule is CN(C)CCNC(=S)N1CCN(S(=O)(=O)c2ccc(F)cc2)CC1. The van der Waals surface area contributed by atoms with Crippen LogP contribution < -0.4 is 5.32 Å². The van der Waals surface area contributed by atoms with Crippen molar-refractivity contribution in [3.63, 3.8) is 0 Å². The van der Waals surface area contributed by atoms with Crippen molar-refractivity contribution >= 4 is 27.4 Å². The van der Waals surface area contributed by atoms with Gasteiger partial charge >= 0.3 is 0 Å². The molecular formula is C15H23FN4O2S2. The Balaban J connectivity index is 1.90. The number of nitrogens with one attached hydrogen (secondary N) is 1. The standard InChI is InChI=1S/C15H23FN4O2S2/c1-18(2)8-7-17-15(23)19-9-11-20(12-10-19)24(21,22)14-5-3-13(16)4-6-14/h3-6H,7-12H2,1-2H3,(H,17,23). The first kappa shape index (κ1) is 19.0. The van der Waals surface area contributed by atoms with Crippen molar-refractivity contribution in [2.75, 3.05) is 53.4 Å². The van der Waals surface area contributed by atoms with Crippen molar-refractivity contribution < 1.29 is 12.8 Å². The van der Waals surface area contributed by atoms with Crippen molar-refractivity contribution in [3.05, 3.63) is 30.1 Å². The molecule has 0 aliphatic carbocycles. The molecule has 24 heavy (non-hydrogen) atoms. The van der Waals surface area contributed by atoms with Crippen molar-refractivity contribution in [1.82, 2.24) is 19.4 Å². The van der Waals surface area contributed by atoms with E-state index < -0.39 is 15.8 Å². The fourth-order valence-electron chi connectivity index (χ4n) is 2.39. The summed E-state index contributed by atoms with van der Waals surface area (Å²) < 4.78 is 39.5. The zero-order valence-electron chi connectivity index (χ0n) is 13.9. The number of benzene rings is 1. The molecule has 1 aliphatic rings. The normalized spacial score (nSPS) is 16.4. The number of nitrogens with zero attached hydrogens (tertiary/aromatic N) is 3. The maximum atomic E-state index is 13.0. The van der Waals surface area contributed by atoms with Crippen LogP contribution in [0.5, 0.6) is 0 Å². The monoisotopic (exact) mass is 374 g/mol. The second-order valence-corrected chi connectivity index (χ2v) is 8.20. The topological polar surface area (TPSA) is 55.9 Å². The van der Waals surface area contributed by atoms with Crippen LogP contribution >= 0.6 is 12.2 Å². The Bertz CT molecular complexity index is 657. The minimum absolute atomic E-state index is 0.115. The van der Waals surface area contributed by atoms with Crippen LogP contribution in [0.15, 0.2) is 29.2 Å². The lowest BCUT2D eigenvalue weighted by molar-refractivity contribution is 0.263. The van der Waals surface area contributed by atoms with Gasteiger partial charge in [0, 0.05) is 39.3 Å². The zero-order chi connectivity index (χ0) is 17.7. The predicted octanol–water partition coefficient (Wildman–Crippen LogP) is 0.568. The number of hydrogen-bond donors (Lipinski definition) is 1. The average Bonchev–Trinajstić information content (AvgIpc) is 2.55. The van der Waals surface area contributed by atoms with Gasteiger partial charge in [-0.25, -0.2) is 12.8 Å². The smallest absolute Gasteiger partial charge is 0.243 e. The van der Waals surface area contributed by atoms with E-state index in [-0.39, 0.29) is 4.90 Å². The molecule has 1 aromatic rings. The Labute approximate surface area is 148 Å². The van der Waals surface area contributed by atoms with Crippen molar-refractivity contribution in [2.24, 2.45) is 0 Å². The van der Waals surface area contributed by atoms with Crippen molar-refractivity contribution in [3.8, 4) is 0 Å². The third-order valence-corrected chi connectivity index (χ3v) is 6.13. The van der Waals surface area contributed by atoms with E-state index in [4.69, 9.17) is 12.2 Å². The van der Waals surface area contributed by atoms with E-state index in [1.807, 2.05) is 19.0 Å². The summed E-state index contributed by atoms with van der Waals surface area (Å²) >= 11 is 5.35. The van der Waals surface area contributed by atoms with Gasteiger partial charge in [-0.1, -0.05) is 0 Å². The summed E-state index contributed by atoms with van der Waals surface area (Å²) in [5, 5.41) is 3.83. The van der Waals surface area contributed by atoms with Gasteiger partial charge in [0.25, 0.3) is 0 Å². The quantitative estimate of drug-likeness (QED) is 0.761. The van der Waals surface area contributed by atoms with E-state index in [2.05, 4.69) is 10.2 Å². The molecular weight excluding hydrogens is 351 g/mol. The minimum atomic E-state index is -3.59. The number of hydrogen-bond acceptors (Lipinski definition) is 4. The molecule has 0 saturated carbocycles. The summed E-state index contributed by atoms with van der Waals surface area (Å²) in [5.74, 6) is -0.451. The summed E-state index contributed by atoms with van der Waals surface area (Å²) in [7, 11) is 0.393. The van der Waals surface area contributed by atoms with Gasteiger partial charge in [0.05, 0.1) is 4.90 Å². The summed E-state index contributed by atoms with van der Waals surface area (Å²) in [6.45, 7) is 3.41. The molecule has 0 radical (unpaired) electrons. The lowest BCUT2D eigenvalue weighted by Gasteiger charge is -2.35. The molecule has 1 aromatic carbocycles. The van der Waals surface area contributed by atoms with Crippen LogP contribution in [0.3, 0.4) is 0 Å². The molecule has 1 N–H and O–H groups in total. The Morgan fingerprint density at radius 1 is 1.21 bits per heavy atom. The number of likely N-dealkylation sites (N-methyl/N-ethyl adjacent to an activating group) is 1. The zero-order valence-corrected chi connectivity index (χ0v) is 15.5. The van der Waals surface area contributed by atoms with Gasteiger partial charge in [-0.05, 0) is 50.6 Å². The van der Waals surface area contributed by atoms with E-state index >= 15 is 0 Å². The molecule has 134 valence electrons. The second-order valence-electron chi connectivity index (χ2n) is 5.88. The maximum absolute atomic E-state index is 13.0. The van der Waals surface area contributed by atoms with Gasteiger partial charge in [0.15, 0.2) is 5.11 Å². The number of piperazine rings is 1. The molecule has 1 heterocycles. The van der Waals surface area contributed by atoms with Crippen LogP contribution in [0.2, 0.25) is 0 Å². The minimum Gasteiger partial charge on any atom is -0.361 e. The lowest BCUT2D eigenvalue weighted by atomic mass is 10.4. The second kappa shape index (κ2) is 8.19. The van der Waals surface area contributed by atoms with Gasteiger partial charge in [0.1, 0.15) is 5.82 Å². The van der Waals surface area contributed by atoms with E-state index in [1.54, 1.807) is 0 Å². The first-order chi connectivity index (χ1) is 11.3. The Hall–Kier alpha value is -1.29. The Morgan fingerprint density at radius 3 is 2.33 bits per heavy atom. The molecule has 1 fully saturated rings. The third-order valence-electron chi connectivity index (χ3n) is 3.81. The highest BCUT2D eigenvalue weighted by Gasteiger charge is 2.29. The van der Waals surface area contributed by atoms with Gasteiger partial charge < -0.3 is 15.1 Å². The molecule has 0 amide bonds. The number of thiocarbonyl (C=S) groups is 1. The highest BCUT2D eigenvalue weighted by atomic mass is 32.2. The molecule has 0 aromatic heterocycles. The van der Waals surface area contributed by atoms with Crippen LogP contribution in [0, 0.1) is 5.82 Å². The van der Waals surface area contributed by atoms with Crippen LogP contribution in [-0.2, 0) is 10.0 Å². The highest BCUT2D eigenvalue weighted by molar-refractivity contribution is 7.89. The largest absolute Gasteiger partial charge is 0.361 e. The number of rotatable bonds is 5. The van der Waals surface area contributed by atoms with Crippen LogP contribution in [0.4, 0.5) is 4.39 Å². The van der Waals surface area contributed by atoms with Gasteiger partial charge in [-0.2, -0.15) is 4.31 Å². The van der Waals surface area contributed by atoms with Crippen molar-refractivity contribution in [1.29, 1.82) is 0 Å². The molecule has 0 unspecified atom stereocenters. The summed E-state index contributed by atoms with van der Waals surface area (Å²) in [4.78, 5) is 4.15. The summed E-state index contributed by atoms with van der Waals surface area (Å²) in [6, 6.07) is 4.91. The van der Waals surface area contributed by atoms with E-state index in [9.17, 15) is 12.8 Å². The first-order valence-corrected chi connectivity index (χ1v) is 9.59. The Morgan fingerprint density at radius 2 is 1.79 bits per heavy atom. The van der Waals surface area contributed by atoms with Gasteiger partial charge in [0.2, 0.25) is 10.0 Å².